The molecule has 1 aliphatic heterocycles. The smallest absolute Gasteiger partial charge is 0.341 e. The average Bonchev–Trinajstić information content (AvgIpc) is 2.60. The van der Waals surface area contributed by atoms with Crippen LogP contribution >= 0.6 is 0 Å². The summed E-state index contributed by atoms with van der Waals surface area (Å²) in [7, 11) is -3.40. The zero-order valence-electron chi connectivity index (χ0n) is 14.7. The number of carbonyl (C=O) groups is 2. The minimum Gasteiger partial charge on any atom is -0.482 e. The van der Waals surface area contributed by atoms with E-state index in [-0.39, 0.29) is 5.91 Å². The maximum Gasteiger partial charge on any atom is 0.341 e. The van der Waals surface area contributed by atoms with Gasteiger partial charge < -0.3 is 15.2 Å². The summed E-state index contributed by atoms with van der Waals surface area (Å²) >= 11 is 0. The van der Waals surface area contributed by atoms with Gasteiger partial charge in [-0.25, -0.2) is 13.2 Å². The molecule has 0 radical (unpaired) electrons. The molecule has 1 aliphatic rings. The van der Waals surface area contributed by atoms with Crippen LogP contribution in [0.2, 0.25) is 0 Å². The molecule has 0 bridgehead atoms. The number of hydrogen-bond donors (Lipinski definition) is 2. The van der Waals surface area contributed by atoms with E-state index in [0.717, 1.165) is 24.7 Å². The Kier molecular flexibility index (Phi) is 6.98. The monoisotopic (exact) mass is 384 g/mol. The summed E-state index contributed by atoms with van der Waals surface area (Å²) in [6, 6.07) is 6.31. The molecular formula is C17H24N2O6S. The van der Waals surface area contributed by atoms with Crippen LogP contribution in [0.1, 0.15) is 24.8 Å². The first-order chi connectivity index (χ1) is 12.3. The van der Waals surface area contributed by atoms with E-state index in [1.807, 2.05) is 0 Å². The molecule has 1 unspecified atom stereocenters. The molecule has 1 fully saturated rings. The van der Waals surface area contributed by atoms with Crippen molar-refractivity contribution in [2.24, 2.45) is 0 Å². The number of carbonyl (C=O) groups excluding carboxylic acids is 1. The van der Waals surface area contributed by atoms with Gasteiger partial charge in [-0.05, 0) is 37.0 Å². The summed E-state index contributed by atoms with van der Waals surface area (Å²) in [4.78, 5) is 22.8. The average molecular weight is 384 g/mol. The van der Waals surface area contributed by atoms with Crippen molar-refractivity contribution >= 4 is 21.9 Å². The Bertz CT molecular complexity index is 732. The first kappa shape index (κ1) is 20.2. The standard InChI is InChI=1S/C17H24N2O6S/c1-26(23,24)19-11-3-2-4-15(19)17(22)18-10-9-13-5-7-14(8-6-13)25-12-16(20)21/h5-8,15H,2-4,9-12H2,1H3,(H,18,22)(H,20,21). The van der Waals surface area contributed by atoms with E-state index in [0.29, 0.717) is 31.7 Å². The number of hydrogen-bond acceptors (Lipinski definition) is 5. The van der Waals surface area contributed by atoms with Crippen molar-refractivity contribution in [3.8, 4) is 5.75 Å². The molecule has 1 saturated heterocycles. The van der Waals surface area contributed by atoms with Gasteiger partial charge in [-0.1, -0.05) is 18.6 Å². The number of carboxylic acids is 1. The van der Waals surface area contributed by atoms with Crippen LogP contribution in [0, 0.1) is 0 Å². The molecule has 0 aromatic heterocycles. The van der Waals surface area contributed by atoms with Crippen LogP contribution < -0.4 is 10.1 Å². The van der Waals surface area contributed by atoms with Gasteiger partial charge in [0, 0.05) is 13.1 Å². The second-order valence-electron chi connectivity index (χ2n) is 6.25. The van der Waals surface area contributed by atoms with Gasteiger partial charge in [0.25, 0.3) is 0 Å². The van der Waals surface area contributed by atoms with Crippen molar-refractivity contribution in [2.75, 3.05) is 26.0 Å². The number of nitrogens with one attached hydrogen (secondary N) is 1. The minimum absolute atomic E-state index is 0.267. The molecule has 9 heteroatoms. The Balaban J connectivity index is 1.83. The van der Waals surface area contributed by atoms with Gasteiger partial charge in [0.2, 0.25) is 15.9 Å². The zero-order valence-corrected chi connectivity index (χ0v) is 15.5. The Hall–Kier alpha value is -2.13. The molecule has 1 atom stereocenters. The SMILES string of the molecule is CS(=O)(=O)N1CCCCC1C(=O)NCCc1ccc(OCC(=O)O)cc1. The molecule has 2 rings (SSSR count). The summed E-state index contributed by atoms with van der Waals surface area (Å²) < 4.78 is 30.0. The summed E-state index contributed by atoms with van der Waals surface area (Å²) in [6.07, 6.45) is 3.85. The number of aliphatic carboxylic acids is 1. The molecule has 0 spiro atoms. The van der Waals surface area contributed by atoms with Crippen LogP contribution in [-0.4, -0.2) is 61.7 Å². The lowest BCUT2D eigenvalue weighted by Crippen LogP contribution is -2.51. The fourth-order valence-corrected chi connectivity index (χ4v) is 4.03. The third-order valence-electron chi connectivity index (χ3n) is 4.18. The topological polar surface area (TPSA) is 113 Å². The van der Waals surface area contributed by atoms with Crippen LogP contribution in [0.4, 0.5) is 0 Å². The number of carboxylic acid groups (broad SMARTS) is 1. The number of ether oxygens (including phenoxy) is 1. The molecular weight excluding hydrogens is 360 g/mol. The summed E-state index contributed by atoms with van der Waals surface area (Å²) in [5, 5.41) is 11.4. The predicted octanol–water partition coefficient (Wildman–Crippen LogP) is 0.623. The van der Waals surface area contributed by atoms with Crippen molar-refractivity contribution in [1.82, 2.24) is 9.62 Å². The van der Waals surface area contributed by atoms with Gasteiger partial charge >= 0.3 is 5.97 Å². The van der Waals surface area contributed by atoms with E-state index < -0.39 is 28.6 Å². The molecule has 26 heavy (non-hydrogen) atoms. The fraction of sp³-hybridized carbons (Fsp3) is 0.529. The highest BCUT2D eigenvalue weighted by Crippen LogP contribution is 2.20. The van der Waals surface area contributed by atoms with Crippen molar-refractivity contribution < 1.29 is 27.9 Å². The van der Waals surface area contributed by atoms with Crippen LogP contribution in [-0.2, 0) is 26.0 Å². The first-order valence-corrected chi connectivity index (χ1v) is 10.3. The maximum atomic E-state index is 12.4. The van der Waals surface area contributed by atoms with E-state index >= 15 is 0 Å². The van der Waals surface area contributed by atoms with E-state index in [4.69, 9.17) is 9.84 Å². The lowest BCUT2D eigenvalue weighted by molar-refractivity contribution is -0.139. The predicted molar refractivity (Wildman–Crippen MR) is 95.5 cm³/mol. The number of piperidine rings is 1. The number of sulfonamides is 1. The highest BCUT2D eigenvalue weighted by Gasteiger charge is 2.34. The minimum atomic E-state index is -3.40. The largest absolute Gasteiger partial charge is 0.482 e. The number of amides is 1. The van der Waals surface area contributed by atoms with Crippen LogP contribution in [0.3, 0.4) is 0 Å². The van der Waals surface area contributed by atoms with Gasteiger partial charge in [-0.2, -0.15) is 4.31 Å². The molecule has 1 heterocycles. The highest BCUT2D eigenvalue weighted by atomic mass is 32.2. The van der Waals surface area contributed by atoms with Crippen molar-refractivity contribution in [1.29, 1.82) is 0 Å². The van der Waals surface area contributed by atoms with E-state index in [2.05, 4.69) is 5.32 Å². The lowest BCUT2D eigenvalue weighted by Gasteiger charge is -2.32. The Labute approximate surface area is 153 Å². The van der Waals surface area contributed by atoms with Crippen LogP contribution in [0.5, 0.6) is 5.75 Å². The first-order valence-electron chi connectivity index (χ1n) is 8.45. The number of rotatable bonds is 8. The highest BCUT2D eigenvalue weighted by molar-refractivity contribution is 7.88. The second-order valence-corrected chi connectivity index (χ2v) is 8.19. The van der Waals surface area contributed by atoms with Crippen molar-refractivity contribution in [3.63, 3.8) is 0 Å². The van der Waals surface area contributed by atoms with Crippen molar-refractivity contribution in [2.45, 2.75) is 31.7 Å². The molecule has 1 amide bonds. The molecule has 8 nitrogen and oxygen atoms in total. The van der Waals surface area contributed by atoms with Gasteiger partial charge in [-0.15, -0.1) is 0 Å². The van der Waals surface area contributed by atoms with Crippen molar-refractivity contribution in [3.05, 3.63) is 29.8 Å². The van der Waals surface area contributed by atoms with E-state index in [1.165, 1.54) is 4.31 Å². The Morgan fingerprint density at radius 1 is 1.27 bits per heavy atom. The molecule has 0 aliphatic carbocycles. The Morgan fingerprint density at radius 2 is 1.96 bits per heavy atom. The Morgan fingerprint density at radius 3 is 2.58 bits per heavy atom. The third kappa shape index (κ3) is 5.99. The van der Waals surface area contributed by atoms with Gasteiger partial charge in [0.05, 0.1) is 6.26 Å². The quantitative estimate of drug-likeness (QED) is 0.679. The number of benzene rings is 1. The molecule has 1 aromatic carbocycles. The normalized spacial score (nSPS) is 18.3. The summed E-state index contributed by atoms with van der Waals surface area (Å²) in [5.74, 6) is -0.842. The van der Waals surface area contributed by atoms with Gasteiger partial charge in [0.15, 0.2) is 6.61 Å². The van der Waals surface area contributed by atoms with Gasteiger partial charge in [-0.3, -0.25) is 4.79 Å². The maximum absolute atomic E-state index is 12.4. The van der Waals surface area contributed by atoms with Gasteiger partial charge in [0.1, 0.15) is 11.8 Å². The van der Waals surface area contributed by atoms with E-state index in [9.17, 15) is 18.0 Å². The second kappa shape index (κ2) is 9.00. The molecule has 2 N–H and O–H groups in total. The summed E-state index contributed by atoms with van der Waals surface area (Å²) in [6.45, 7) is 0.380. The van der Waals surface area contributed by atoms with Crippen LogP contribution in [0.15, 0.2) is 24.3 Å². The number of nitrogens with zero attached hydrogens (tertiary/aromatic N) is 1. The molecule has 1 aromatic rings. The van der Waals surface area contributed by atoms with E-state index in [1.54, 1.807) is 24.3 Å². The van der Waals surface area contributed by atoms with Crippen LogP contribution in [0.25, 0.3) is 0 Å². The fourth-order valence-electron chi connectivity index (χ4n) is 2.91. The molecule has 144 valence electrons. The summed E-state index contributed by atoms with van der Waals surface area (Å²) in [5.41, 5.74) is 0.955. The third-order valence-corrected chi connectivity index (χ3v) is 5.47. The zero-order chi connectivity index (χ0) is 19.2. The lowest BCUT2D eigenvalue weighted by atomic mass is 10.0. The molecule has 0 saturated carbocycles.